The molecule has 2 N–H and O–H groups in total. The minimum absolute atomic E-state index is 0.175. The van der Waals surface area contributed by atoms with Gasteiger partial charge in [-0.15, -0.1) is 0 Å². The summed E-state index contributed by atoms with van der Waals surface area (Å²) in [6.07, 6.45) is 0. The van der Waals surface area contributed by atoms with Crippen molar-refractivity contribution in [2.45, 2.75) is 6.92 Å². The molecule has 0 spiro atoms. The average Bonchev–Trinajstić information content (AvgIpc) is 2.78. The number of nitrogens with one attached hydrogen (secondary N) is 2. The highest BCUT2D eigenvalue weighted by Crippen LogP contribution is 2.18. The van der Waals surface area contributed by atoms with Gasteiger partial charge in [0, 0.05) is 10.7 Å². The van der Waals surface area contributed by atoms with Crippen molar-refractivity contribution < 1.29 is 14.3 Å². The van der Waals surface area contributed by atoms with Crippen molar-refractivity contribution in [2.75, 3.05) is 11.9 Å². The Kier molecular flexibility index (Phi) is 7.65. The van der Waals surface area contributed by atoms with Crippen molar-refractivity contribution in [1.29, 1.82) is 0 Å². The summed E-state index contributed by atoms with van der Waals surface area (Å²) >= 11 is 11.9. The number of hydrazone groups is 1. The molecule has 0 heterocycles. The number of benzene rings is 3. The Morgan fingerprint density at radius 1 is 0.935 bits per heavy atom. The molecule has 2 amide bonds. The van der Waals surface area contributed by atoms with Gasteiger partial charge in [-0.25, -0.2) is 5.43 Å². The third kappa shape index (κ3) is 6.57. The van der Waals surface area contributed by atoms with E-state index in [0.717, 1.165) is 5.56 Å². The van der Waals surface area contributed by atoms with E-state index < -0.39 is 5.91 Å². The Morgan fingerprint density at radius 2 is 1.61 bits per heavy atom. The van der Waals surface area contributed by atoms with Crippen LogP contribution in [0.15, 0.2) is 77.9 Å². The smallest absolute Gasteiger partial charge is 0.277 e. The van der Waals surface area contributed by atoms with Crippen LogP contribution >= 0.6 is 23.2 Å². The molecule has 6 nitrogen and oxygen atoms in total. The second-order valence-electron chi connectivity index (χ2n) is 6.49. The fourth-order valence-corrected chi connectivity index (χ4v) is 2.91. The Labute approximate surface area is 189 Å². The van der Waals surface area contributed by atoms with Crippen molar-refractivity contribution in [1.82, 2.24) is 5.43 Å². The van der Waals surface area contributed by atoms with E-state index in [1.807, 2.05) is 0 Å². The van der Waals surface area contributed by atoms with Gasteiger partial charge in [-0.3, -0.25) is 9.59 Å². The van der Waals surface area contributed by atoms with Gasteiger partial charge >= 0.3 is 0 Å². The molecule has 0 saturated carbocycles. The van der Waals surface area contributed by atoms with Crippen molar-refractivity contribution in [3.8, 4) is 5.75 Å². The summed E-state index contributed by atoms with van der Waals surface area (Å²) in [5.41, 5.74) is 4.85. The molecule has 31 heavy (non-hydrogen) atoms. The maximum absolute atomic E-state index is 12.3. The Bertz CT molecular complexity index is 1100. The lowest BCUT2D eigenvalue weighted by molar-refractivity contribution is -0.123. The molecule has 3 rings (SSSR count). The lowest BCUT2D eigenvalue weighted by atomic mass is 10.1. The van der Waals surface area contributed by atoms with Crippen LogP contribution in [0.5, 0.6) is 5.75 Å². The molecule has 0 aromatic heterocycles. The normalized spacial score (nSPS) is 11.0. The first-order chi connectivity index (χ1) is 14.9. The SMILES string of the molecule is CC(=NNC(=O)COc1ccc(Cl)cc1)c1ccc(NC(=O)c2ccccc2Cl)cc1. The quantitative estimate of drug-likeness (QED) is 0.381. The third-order valence-corrected chi connectivity index (χ3v) is 4.79. The Morgan fingerprint density at radius 3 is 2.29 bits per heavy atom. The van der Waals surface area contributed by atoms with Crippen LogP contribution in [0.2, 0.25) is 10.0 Å². The molecule has 0 aliphatic carbocycles. The number of carbonyl (C=O) groups excluding carboxylic acids is 2. The lowest BCUT2D eigenvalue weighted by Crippen LogP contribution is -2.25. The molecule has 0 radical (unpaired) electrons. The fraction of sp³-hybridized carbons (Fsp3) is 0.0870. The highest BCUT2D eigenvalue weighted by molar-refractivity contribution is 6.34. The van der Waals surface area contributed by atoms with E-state index in [4.69, 9.17) is 27.9 Å². The van der Waals surface area contributed by atoms with E-state index in [1.54, 1.807) is 79.7 Å². The van der Waals surface area contributed by atoms with Gasteiger partial charge in [0.15, 0.2) is 6.61 Å². The zero-order valence-corrected chi connectivity index (χ0v) is 18.1. The zero-order valence-electron chi connectivity index (χ0n) is 16.6. The number of hydrogen-bond donors (Lipinski definition) is 2. The summed E-state index contributed by atoms with van der Waals surface area (Å²) in [7, 11) is 0. The Hall–Kier alpha value is -3.35. The molecular formula is C23H19Cl2N3O3. The van der Waals surface area contributed by atoms with Gasteiger partial charge in [-0.05, 0) is 61.0 Å². The minimum atomic E-state index is -0.391. The van der Waals surface area contributed by atoms with E-state index in [0.29, 0.717) is 32.8 Å². The average molecular weight is 456 g/mol. The molecule has 8 heteroatoms. The van der Waals surface area contributed by atoms with Gasteiger partial charge in [0.25, 0.3) is 11.8 Å². The zero-order chi connectivity index (χ0) is 22.2. The van der Waals surface area contributed by atoms with E-state index >= 15 is 0 Å². The van der Waals surface area contributed by atoms with Crippen LogP contribution < -0.4 is 15.5 Å². The summed E-state index contributed by atoms with van der Waals surface area (Å²) in [6.45, 7) is 1.59. The van der Waals surface area contributed by atoms with Gasteiger partial charge < -0.3 is 10.1 Å². The number of carbonyl (C=O) groups is 2. The van der Waals surface area contributed by atoms with Crippen LogP contribution in [0.3, 0.4) is 0 Å². The second-order valence-corrected chi connectivity index (χ2v) is 7.33. The van der Waals surface area contributed by atoms with Crippen molar-refractivity contribution >= 4 is 46.4 Å². The van der Waals surface area contributed by atoms with Crippen LogP contribution in [-0.4, -0.2) is 24.1 Å². The van der Waals surface area contributed by atoms with Crippen LogP contribution in [0.4, 0.5) is 5.69 Å². The summed E-state index contributed by atoms with van der Waals surface area (Å²) in [5.74, 6) is -0.149. The second kappa shape index (κ2) is 10.6. The van der Waals surface area contributed by atoms with Crippen LogP contribution in [0.1, 0.15) is 22.8 Å². The molecule has 0 bridgehead atoms. The van der Waals surface area contributed by atoms with E-state index in [9.17, 15) is 9.59 Å². The topological polar surface area (TPSA) is 79.8 Å². The van der Waals surface area contributed by atoms with Gasteiger partial charge in [0.05, 0.1) is 16.3 Å². The molecule has 3 aromatic carbocycles. The summed E-state index contributed by atoms with van der Waals surface area (Å²) in [6, 6.07) is 20.6. The number of rotatable bonds is 7. The van der Waals surface area contributed by atoms with E-state index in [2.05, 4.69) is 15.8 Å². The number of anilines is 1. The molecule has 0 unspecified atom stereocenters. The predicted molar refractivity (Wildman–Crippen MR) is 123 cm³/mol. The molecule has 0 aliphatic rings. The first kappa shape index (κ1) is 22.3. The summed E-state index contributed by atoms with van der Waals surface area (Å²) < 4.78 is 5.37. The van der Waals surface area contributed by atoms with Gasteiger partial charge in [-0.1, -0.05) is 47.5 Å². The highest BCUT2D eigenvalue weighted by atomic mass is 35.5. The first-order valence-corrected chi connectivity index (χ1v) is 10.1. The standard InChI is InChI=1S/C23H19Cl2N3O3/c1-15(27-28-22(29)14-31-19-12-8-17(24)9-13-19)16-6-10-18(11-7-16)26-23(30)20-4-2-3-5-21(20)25/h2-13H,14H2,1H3,(H,26,30)(H,28,29). The molecule has 158 valence electrons. The highest BCUT2D eigenvalue weighted by Gasteiger charge is 2.10. The number of halogens is 2. The molecule has 0 atom stereocenters. The predicted octanol–water partition coefficient (Wildman–Crippen LogP) is 5.16. The molecule has 3 aromatic rings. The van der Waals surface area contributed by atoms with E-state index in [1.165, 1.54) is 0 Å². The Balaban J connectivity index is 1.53. The number of nitrogens with zero attached hydrogens (tertiary/aromatic N) is 1. The number of ether oxygens (including phenoxy) is 1. The maximum atomic E-state index is 12.3. The van der Waals surface area contributed by atoms with Crippen LogP contribution in [-0.2, 0) is 4.79 Å². The van der Waals surface area contributed by atoms with Crippen molar-refractivity contribution in [3.05, 3.63) is 94.0 Å². The monoisotopic (exact) mass is 455 g/mol. The van der Waals surface area contributed by atoms with Gasteiger partial charge in [0.2, 0.25) is 0 Å². The molecular weight excluding hydrogens is 437 g/mol. The minimum Gasteiger partial charge on any atom is -0.484 e. The van der Waals surface area contributed by atoms with Crippen LogP contribution in [0, 0.1) is 0 Å². The molecule has 0 saturated heterocycles. The van der Waals surface area contributed by atoms with Gasteiger partial charge in [0.1, 0.15) is 5.75 Å². The summed E-state index contributed by atoms with van der Waals surface area (Å²) in [4.78, 5) is 24.3. The van der Waals surface area contributed by atoms with Crippen LogP contribution in [0.25, 0.3) is 0 Å². The largest absolute Gasteiger partial charge is 0.484 e. The lowest BCUT2D eigenvalue weighted by Gasteiger charge is -2.08. The van der Waals surface area contributed by atoms with E-state index in [-0.39, 0.29) is 12.5 Å². The maximum Gasteiger partial charge on any atom is 0.277 e. The number of amides is 2. The number of hydrogen-bond acceptors (Lipinski definition) is 4. The van der Waals surface area contributed by atoms with Gasteiger partial charge in [-0.2, -0.15) is 5.10 Å². The molecule has 0 fully saturated rings. The van der Waals surface area contributed by atoms with Crippen molar-refractivity contribution in [3.63, 3.8) is 0 Å². The molecule has 0 aliphatic heterocycles. The first-order valence-electron chi connectivity index (χ1n) is 9.30. The third-order valence-electron chi connectivity index (χ3n) is 4.21. The fourth-order valence-electron chi connectivity index (χ4n) is 2.56. The summed E-state index contributed by atoms with van der Waals surface area (Å²) in [5, 5.41) is 7.85. The van der Waals surface area contributed by atoms with Crippen molar-refractivity contribution in [2.24, 2.45) is 5.10 Å².